The molecule has 128 valence electrons. The van der Waals surface area contributed by atoms with Crippen LogP contribution >= 0.6 is 22.6 Å². The van der Waals surface area contributed by atoms with E-state index in [4.69, 9.17) is 0 Å². The number of fused-ring (bicyclic) bond motifs is 1. The van der Waals surface area contributed by atoms with Crippen LogP contribution in [0.3, 0.4) is 0 Å². The molecule has 0 atom stereocenters. The van der Waals surface area contributed by atoms with E-state index < -0.39 is 5.56 Å². The van der Waals surface area contributed by atoms with E-state index in [1.807, 2.05) is 22.6 Å². The van der Waals surface area contributed by atoms with Gasteiger partial charge in [-0.15, -0.1) is 0 Å². The lowest BCUT2D eigenvalue weighted by Crippen LogP contribution is -2.21. The van der Waals surface area contributed by atoms with Gasteiger partial charge in [0.15, 0.2) is 6.29 Å². The molecule has 0 saturated heterocycles. The van der Waals surface area contributed by atoms with Gasteiger partial charge >= 0.3 is 0 Å². The maximum atomic E-state index is 14.2. The Morgan fingerprint density at radius 1 is 1.32 bits per heavy atom. The summed E-state index contributed by atoms with van der Waals surface area (Å²) < 4.78 is 16.0. The molecule has 3 rings (SSSR count). The Morgan fingerprint density at radius 3 is 2.84 bits per heavy atom. The van der Waals surface area contributed by atoms with Crippen molar-refractivity contribution in [1.29, 1.82) is 0 Å². The van der Waals surface area contributed by atoms with Crippen molar-refractivity contribution < 1.29 is 14.3 Å². The minimum atomic E-state index is -0.482. The van der Waals surface area contributed by atoms with Crippen LogP contribution in [-0.2, 0) is 12.8 Å². The zero-order chi connectivity index (χ0) is 18.0. The maximum absolute atomic E-state index is 14.2. The third-order valence-corrected chi connectivity index (χ3v) is 4.73. The molecule has 0 spiro atoms. The Morgan fingerprint density at radius 2 is 2.12 bits per heavy atom. The molecule has 0 aliphatic heterocycles. The average molecular weight is 452 g/mol. The first-order chi connectivity index (χ1) is 12.0. The molecule has 1 aromatic carbocycles. The number of pyridine rings is 1. The topological polar surface area (TPSA) is 71.7 Å². The Balaban J connectivity index is 2.13. The highest BCUT2D eigenvalue weighted by molar-refractivity contribution is 14.1. The maximum Gasteiger partial charge on any atom is 0.266 e. The normalized spacial score (nSPS) is 11.0. The largest absolute Gasteiger partial charge is 0.396 e. The number of hydrogen-bond donors (Lipinski definition) is 1. The molecule has 0 amide bonds. The molecule has 0 fully saturated rings. The second kappa shape index (κ2) is 7.40. The van der Waals surface area contributed by atoms with Crippen LogP contribution in [0.2, 0.25) is 0 Å². The number of nitrogens with zero attached hydrogens (tertiary/aromatic N) is 2. The van der Waals surface area contributed by atoms with Gasteiger partial charge in [-0.2, -0.15) is 0 Å². The lowest BCUT2D eigenvalue weighted by atomic mass is 10.1. The summed E-state index contributed by atoms with van der Waals surface area (Å²) in [6.07, 6.45) is 4.19. The summed E-state index contributed by atoms with van der Waals surface area (Å²) >= 11 is 1.93. The van der Waals surface area contributed by atoms with Gasteiger partial charge in [0.1, 0.15) is 11.5 Å². The van der Waals surface area contributed by atoms with Crippen molar-refractivity contribution >= 4 is 34.5 Å². The van der Waals surface area contributed by atoms with Crippen molar-refractivity contribution in [2.45, 2.75) is 12.8 Å². The van der Waals surface area contributed by atoms with Gasteiger partial charge in [-0.1, -0.05) is 12.1 Å². The highest BCUT2D eigenvalue weighted by Gasteiger charge is 2.12. The first-order valence-corrected chi connectivity index (χ1v) is 8.65. The Hall–Kier alpha value is -2.13. The summed E-state index contributed by atoms with van der Waals surface area (Å²) in [5, 5.41) is 9.17. The number of halogens is 2. The molecule has 0 aliphatic rings. The van der Waals surface area contributed by atoms with E-state index in [2.05, 4.69) is 4.98 Å². The van der Waals surface area contributed by atoms with Gasteiger partial charge in [-0.25, -0.2) is 9.37 Å². The molecular weight excluding hydrogens is 438 g/mol. The van der Waals surface area contributed by atoms with Crippen LogP contribution in [0, 0.1) is 9.39 Å². The fourth-order valence-corrected chi connectivity index (χ4v) is 3.25. The zero-order valence-electron chi connectivity index (χ0n) is 13.1. The molecule has 7 heteroatoms. The molecule has 2 heterocycles. The van der Waals surface area contributed by atoms with Crippen LogP contribution in [-0.4, -0.2) is 27.4 Å². The minimum absolute atomic E-state index is 0.000315. The summed E-state index contributed by atoms with van der Waals surface area (Å²) in [6.45, 7) is -0.122. The molecule has 0 saturated carbocycles. The summed E-state index contributed by atoms with van der Waals surface area (Å²) in [7, 11) is 0. The van der Waals surface area contributed by atoms with Gasteiger partial charge in [0, 0.05) is 29.0 Å². The highest BCUT2D eigenvalue weighted by atomic mass is 127. The van der Waals surface area contributed by atoms with Gasteiger partial charge < -0.3 is 5.11 Å². The smallest absolute Gasteiger partial charge is 0.266 e. The Labute approximate surface area is 156 Å². The van der Waals surface area contributed by atoms with Crippen molar-refractivity contribution in [2.24, 2.45) is 0 Å². The number of rotatable bonds is 5. The van der Waals surface area contributed by atoms with E-state index in [0.29, 0.717) is 32.2 Å². The fourth-order valence-electron chi connectivity index (χ4n) is 2.70. The number of aldehydes is 1. The SMILES string of the molecule is O=Cc1cc(CCO)c2ncc(Cc3cccc(I)c3F)cn2c1=O. The first-order valence-electron chi connectivity index (χ1n) is 7.57. The highest BCUT2D eigenvalue weighted by Crippen LogP contribution is 2.18. The minimum Gasteiger partial charge on any atom is -0.396 e. The molecular formula is C18H14FIN2O3. The fraction of sp³-hybridized carbons (Fsp3) is 0.167. The number of aromatic nitrogens is 2. The Kier molecular flexibility index (Phi) is 5.24. The molecule has 1 N–H and O–H groups in total. The molecule has 3 aromatic rings. The average Bonchev–Trinajstić information content (AvgIpc) is 2.61. The second-order valence-electron chi connectivity index (χ2n) is 5.57. The van der Waals surface area contributed by atoms with E-state index in [0.717, 1.165) is 0 Å². The number of carbonyl (C=O) groups excluding carboxylic acids is 1. The van der Waals surface area contributed by atoms with Gasteiger partial charge in [-0.3, -0.25) is 14.0 Å². The predicted octanol–water partition coefficient (Wildman–Crippen LogP) is 2.38. The molecule has 0 aliphatic carbocycles. The van der Waals surface area contributed by atoms with Crippen LogP contribution in [0.1, 0.15) is 27.0 Å². The van der Waals surface area contributed by atoms with Crippen molar-refractivity contribution in [3.8, 4) is 0 Å². The number of aliphatic hydroxyl groups excluding tert-OH is 1. The van der Waals surface area contributed by atoms with Crippen molar-refractivity contribution in [3.05, 3.63) is 78.7 Å². The molecule has 0 unspecified atom stereocenters. The first kappa shape index (κ1) is 17.7. The van der Waals surface area contributed by atoms with E-state index in [9.17, 15) is 19.1 Å². The van der Waals surface area contributed by atoms with E-state index in [1.54, 1.807) is 30.6 Å². The van der Waals surface area contributed by atoms with Crippen molar-refractivity contribution in [2.75, 3.05) is 6.61 Å². The zero-order valence-corrected chi connectivity index (χ0v) is 15.2. The number of aliphatic hydroxyl groups is 1. The molecule has 25 heavy (non-hydrogen) atoms. The van der Waals surface area contributed by atoms with Gasteiger partial charge in [0.05, 0.1) is 5.56 Å². The van der Waals surface area contributed by atoms with Crippen LogP contribution in [0.15, 0.2) is 41.5 Å². The molecule has 5 nitrogen and oxygen atoms in total. The number of carbonyl (C=O) groups is 1. The molecule has 2 aromatic heterocycles. The van der Waals surface area contributed by atoms with E-state index in [-0.39, 0.29) is 30.8 Å². The standard InChI is InChI=1S/C18H14FIN2O3/c19-16-12(2-1-3-15(16)20)6-11-8-21-17-13(4-5-23)7-14(10-24)18(25)22(17)9-11/h1-3,7-10,23H,4-6H2. The summed E-state index contributed by atoms with van der Waals surface area (Å²) in [4.78, 5) is 27.8. The van der Waals surface area contributed by atoms with Crippen molar-refractivity contribution in [3.63, 3.8) is 0 Å². The lowest BCUT2D eigenvalue weighted by molar-refractivity contribution is 0.112. The summed E-state index contributed by atoms with van der Waals surface area (Å²) in [6, 6.07) is 6.58. The second-order valence-corrected chi connectivity index (χ2v) is 6.73. The third-order valence-electron chi connectivity index (χ3n) is 3.89. The Bertz CT molecular complexity index is 1020. The number of benzene rings is 1. The monoisotopic (exact) mass is 452 g/mol. The van der Waals surface area contributed by atoms with E-state index in [1.165, 1.54) is 10.5 Å². The van der Waals surface area contributed by atoms with Gasteiger partial charge in [-0.05, 0) is 57.8 Å². The van der Waals surface area contributed by atoms with E-state index >= 15 is 0 Å². The third kappa shape index (κ3) is 3.47. The lowest BCUT2D eigenvalue weighted by Gasteiger charge is -2.10. The quantitative estimate of drug-likeness (QED) is 0.477. The predicted molar refractivity (Wildman–Crippen MR) is 99.6 cm³/mol. The summed E-state index contributed by atoms with van der Waals surface area (Å²) in [5.41, 5.74) is 1.66. The van der Waals surface area contributed by atoms with Crippen LogP contribution in [0.25, 0.3) is 5.65 Å². The van der Waals surface area contributed by atoms with Crippen LogP contribution in [0.4, 0.5) is 4.39 Å². The molecule has 0 bridgehead atoms. The van der Waals surface area contributed by atoms with Gasteiger partial charge in [0.25, 0.3) is 5.56 Å². The number of hydrogen-bond acceptors (Lipinski definition) is 4. The molecule has 0 radical (unpaired) electrons. The summed E-state index contributed by atoms with van der Waals surface area (Å²) in [5.74, 6) is -0.293. The van der Waals surface area contributed by atoms with Crippen LogP contribution in [0.5, 0.6) is 0 Å². The van der Waals surface area contributed by atoms with Gasteiger partial charge in [0.2, 0.25) is 0 Å². The van der Waals surface area contributed by atoms with Crippen molar-refractivity contribution in [1.82, 2.24) is 9.38 Å². The van der Waals surface area contributed by atoms with Crippen LogP contribution < -0.4 is 5.56 Å².